The molecular weight excluding hydrogens is 648 g/mol. The van der Waals surface area contributed by atoms with Crippen molar-refractivity contribution >= 4 is 68.1 Å². The monoisotopic (exact) mass is 680 g/mol. The van der Waals surface area contributed by atoms with Crippen LogP contribution >= 0.6 is 40.8 Å². The van der Waals surface area contributed by atoms with Crippen LogP contribution in [0, 0.1) is 5.92 Å². The number of fused-ring (bicyclic) bond motifs is 12. The lowest BCUT2D eigenvalue weighted by Gasteiger charge is -2.35. The highest BCUT2D eigenvalue weighted by molar-refractivity contribution is 9.10. The fourth-order valence-corrected chi connectivity index (χ4v) is 10.0. The maximum absolute atomic E-state index is 4.28. The molecule has 1 spiro atoms. The van der Waals surface area contributed by atoms with Gasteiger partial charge in [-0.05, 0) is 123 Å². The third-order valence-corrected chi connectivity index (χ3v) is 12.1. The van der Waals surface area contributed by atoms with E-state index in [-0.39, 0.29) is 18.9 Å². The van der Waals surface area contributed by atoms with Gasteiger partial charge in [-0.25, -0.2) is 0 Å². The average Bonchev–Trinajstić information content (AvgIpc) is 3.67. The number of benzene rings is 4. The molecule has 0 aliphatic heterocycles. The van der Waals surface area contributed by atoms with Crippen LogP contribution in [0.15, 0.2) is 131 Å². The number of hydrogen-bond acceptors (Lipinski definition) is 1. The van der Waals surface area contributed by atoms with Crippen molar-refractivity contribution in [1.29, 1.82) is 0 Å². The maximum Gasteiger partial charge on any atom is 0.0688 e. The van der Waals surface area contributed by atoms with Gasteiger partial charge in [0.05, 0.1) is 5.41 Å². The molecule has 4 aliphatic rings. The predicted octanol–water partition coefficient (Wildman–Crippen LogP) is 12.1. The minimum absolute atomic E-state index is 0. The molecule has 1 heterocycles. The second-order valence-corrected chi connectivity index (χ2v) is 14.5. The molecule has 4 aliphatic carbocycles. The fraction of sp³-hybridized carbons (Fsp3) is 0.143. The van der Waals surface area contributed by atoms with Crippen molar-refractivity contribution in [1.82, 2.24) is 0 Å². The van der Waals surface area contributed by atoms with Gasteiger partial charge in [0.15, 0.2) is 0 Å². The molecule has 2 unspecified atom stereocenters. The molecule has 0 radical (unpaired) electrons. The molecule has 0 saturated heterocycles. The van der Waals surface area contributed by atoms with E-state index in [2.05, 4.69) is 145 Å². The summed E-state index contributed by atoms with van der Waals surface area (Å²) in [6.45, 7) is 6.39. The molecule has 0 nitrogen and oxygen atoms in total. The smallest absolute Gasteiger partial charge is 0.0688 e. The zero-order valence-corrected chi connectivity index (χ0v) is 28.6. The van der Waals surface area contributed by atoms with E-state index in [1.54, 1.807) is 0 Å². The number of aryl methyl sites for hydroxylation is 1. The van der Waals surface area contributed by atoms with E-state index in [1.807, 2.05) is 11.3 Å². The number of halogens is 1. The van der Waals surface area contributed by atoms with E-state index in [0.717, 1.165) is 23.7 Å². The van der Waals surface area contributed by atoms with Crippen molar-refractivity contribution in [2.45, 2.75) is 31.6 Å². The maximum atomic E-state index is 4.28. The summed E-state index contributed by atoms with van der Waals surface area (Å²) in [4.78, 5) is 1.51. The van der Waals surface area contributed by atoms with Crippen LogP contribution in [0.25, 0.3) is 38.4 Å². The third-order valence-electron chi connectivity index (χ3n) is 10.3. The molecule has 220 valence electrons. The topological polar surface area (TPSA) is 0 Å². The van der Waals surface area contributed by atoms with E-state index in [4.69, 9.17) is 0 Å². The van der Waals surface area contributed by atoms with Crippen molar-refractivity contribution in [3.8, 4) is 11.1 Å². The van der Waals surface area contributed by atoms with Crippen LogP contribution < -0.4 is 0 Å². The summed E-state index contributed by atoms with van der Waals surface area (Å²) in [6.07, 6.45) is 14.6. The van der Waals surface area contributed by atoms with Crippen LogP contribution in [-0.2, 0) is 11.8 Å². The minimum Gasteiger partial charge on any atom is -0.197 e. The average molecular weight is 682 g/mol. The molecular formula is C42H33BrS2. The molecule has 0 amide bonds. The van der Waals surface area contributed by atoms with Crippen LogP contribution in [0.5, 0.6) is 0 Å². The van der Waals surface area contributed by atoms with Crippen molar-refractivity contribution < 1.29 is 0 Å². The van der Waals surface area contributed by atoms with Gasteiger partial charge in [-0.2, -0.15) is 13.5 Å². The Morgan fingerprint density at radius 2 is 1.60 bits per heavy atom. The predicted molar refractivity (Wildman–Crippen MR) is 202 cm³/mol. The first-order valence-corrected chi connectivity index (χ1v) is 17.2. The highest BCUT2D eigenvalue weighted by atomic mass is 79.9. The van der Waals surface area contributed by atoms with E-state index in [9.17, 15) is 0 Å². The standard InChI is InChI=1S/C42H31BrS.H2S/c1-3-9-26-20-33-31-11-6-8-13-37(31)42(39(33)23-25(26)4-2)36-12-7-5-10-30(36)32-21-27(14-17-38(32)42)28-15-18-40-34(22-28)35-24-29(43)16-19-41(35)44-40;/h3-14,16-17,19-22,24-25H,2,15,18,23H2,1H3;1H2/b9-3-;. The Balaban J connectivity index is 0.00000300. The summed E-state index contributed by atoms with van der Waals surface area (Å²) < 4.78 is 2.52. The first-order valence-electron chi connectivity index (χ1n) is 15.6. The Kier molecular flexibility index (Phi) is 6.87. The number of rotatable bonds is 3. The Hall–Kier alpha value is -3.63. The molecule has 0 saturated carbocycles. The molecule has 9 rings (SSSR count). The number of allylic oxidation sites excluding steroid dienone is 8. The second kappa shape index (κ2) is 10.7. The molecule has 0 fully saturated rings. The van der Waals surface area contributed by atoms with E-state index in [0.29, 0.717) is 5.92 Å². The quantitative estimate of drug-likeness (QED) is 0.166. The number of thiophene rings is 1. The minimum atomic E-state index is -0.278. The van der Waals surface area contributed by atoms with Gasteiger partial charge in [0.1, 0.15) is 0 Å². The Morgan fingerprint density at radius 1 is 0.844 bits per heavy atom. The summed E-state index contributed by atoms with van der Waals surface area (Å²) >= 11 is 5.66. The van der Waals surface area contributed by atoms with Gasteiger partial charge in [-0.3, -0.25) is 0 Å². The van der Waals surface area contributed by atoms with Crippen molar-refractivity contribution in [2.75, 3.05) is 0 Å². The lowest BCUT2D eigenvalue weighted by Crippen LogP contribution is -2.29. The van der Waals surface area contributed by atoms with E-state index in [1.165, 1.54) is 81.8 Å². The van der Waals surface area contributed by atoms with E-state index >= 15 is 0 Å². The van der Waals surface area contributed by atoms with Crippen molar-refractivity contribution in [3.63, 3.8) is 0 Å². The molecule has 1 aromatic heterocycles. The number of hydrogen-bond donors (Lipinski definition) is 0. The highest BCUT2D eigenvalue weighted by Gasteiger charge is 2.53. The molecule has 5 aromatic rings. The van der Waals surface area contributed by atoms with Crippen molar-refractivity contribution in [3.05, 3.63) is 170 Å². The zero-order valence-electron chi connectivity index (χ0n) is 25.2. The fourth-order valence-electron chi connectivity index (χ4n) is 8.50. The molecule has 45 heavy (non-hydrogen) atoms. The van der Waals surface area contributed by atoms with Gasteiger partial charge in [-0.1, -0.05) is 101 Å². The zero-order chi connectivity index (χ0) is 29.6. The van der Waals surface area contributed by atoms with Gasteiger partial charge in [-0.15, -0.1) is 17.9 Å². The van der Waals surface area contributed by atoms with Gasteiger partial charge in [0.25, 0.3) is 0 Å². The Morgan fingerprint density at radius 3 is 2.40 bits per heavy atom. The third kappa shape index (κ3) is 3.97. The molecule has 0 N–H and O–H groups in total. The summed E-state index contributed by atoms with van der Waals surface area (Å²) in [5, 5.41) is 1.36. The van der Waals surface area contributed by atoms with Crippen LogP contribution in [0.3, 0.4) is 0 Å². The summed E-state index contributed by atoms with van der Waals surface area (Å²) in [7, 11) is 0. The van der Waals surface area contributed by atoms with Crippen LogP contribution in [0.2, 0.25) is 0 Å². The highest BCUT2D eigenvalue weighted by Crippen LogP contribution is 2.64. The lowest BCUT2D eigenvalue weighted by molar-refractivity contribution is 0.653. The largest absolute Gasteiger partial charge is 0.197 e. The van der Waals surface area contributed by atoms with Crippen LogP contribution in [0.1, 0.15) is 58.0 Å². The molecule has 2 atom stereocenters. The van der Waals surface area contributed by atoms with Gasteiger partial charge in [0, 0.05) is 25.4 Å². The second-order valence-electron chi connectivity index (χ2n) is 12.4. The van der Waals surface area contributed by atoms with Gasteiger partial charge >= 0.3 is 0 Å². The van der Waals surface area contributed by atoms with Crippen LogP contribution in [0.4, 0.5) is 0 Å². The normalized spacial score (nSPS) is 20.7. The SMILES string of the molecule is C=CC1CC2=C(C=C1/C=C\C)c1ccccc1C21c2ccccc2-c2cc(C3=Cc4c(sc5ccc(Br)cc45)CC3)ccc21.S. The molecule has 3 heteroatoms. The lowest BCUT2D eigenvalue weighted by atomic mass is 9.66. The van der Waals surface area contributed by atoms with Crippen molar-refractivity contribution in [2.24, 2.45) is 5.92 Å². The first-order chi connectivity index (χ1) is 21.6. The summed E-state index contributed by atoms with van der Waals surface area (Å²) in [5.41, 5.74) is 16.6. The van der Waals surface area contributed by atoms with E-state index < -0.39 is 0 Å². The Labute approximate surface area is 284 Å². The molecule has 0 bridgehead atoms. The summed E-state index contributed by atoms with van der Waals surface area (Å²) in [6, 6.07) is 32.4. The first kappa shape index (κ1) is 28.8. The van der Waals surface area contributed by atoms with Gasteiger partial charge in [0.2, 0.25) is 0 Å². The van der Waals surface area contributed by atoms with Gasteiger partial charge < -0.3 is 0 Å². The summed E-state index contributed by atoms with van der Waals surface area (Å²) in [5.74, 6) is 0.300. The molecule has 4 aromatic carbocycles. The Bertz CT molecular complexity index is 2200. The van der Waals surface area contributed by atoms with Crippen LogP contribution in [-0.4, -0.2) is 0 Å².